The summed E-state index contributed by atoms with van der Waals surface area (Å²) in [7, 11) is 2.58. The number of aromatic nitrogens is 2. The van der Waals surface area contributed by atoms with Crippen molar-refractivity contribution < 1.29 is 33.0 Å². The third kappa shape index (κ3) is 9.44. The number of halogens is 1. The van der Waals surface area contributed by atoms with Crippen LogP contribution in [-0.4, -0.2) is 89.2 Å². The normalized spacial score (nSPS) is 21.6. The summed E-state index contributed by atoms with van der Waals surface area (Å²) in [5.74, 6) is 0.243. The maximum absolute atomic E-state index is 15.9. The van der Waals surface area contributed by atoms with Crippen molar-refractivity contribution in [1.82, 2.24) is 30.4 Å². The average Bonchev–Trinajstić information content (AvgIpc) is 3.70. The van der Waals surface area contributed by atoms with E-state index in [9.17, 15) is 19.2 Å². The number of ether oxygens (including phenoxy) is 2. The summed E-state index contributed by atoms with van der Waals surface area (Å²) in [4.78, 5) is 66.4. The first kappa shape index (κ1) is 46.4. The SMILES string of the molecule is C=C(Nc1ccc(C2CC[C@H](c3ccc4nc(C5CCCN5C(=O)C(NC(=O)OC)C(C)C)[nH]c4c3)N2c2ccc(C3CC3)c(F)c2)cc1C)[C@@H]1CCCN1C(=O)[C@@H](NC(=O)OC)C(C)C. The predicted octanol–water partition coefficient (Wildman–Crippen LogP) is 9.31. The monoisotopic (exact) mass is 905 g/mol. The molecule has 4 heterocycles. The minimum atomic E-state index is -0.726. The number of alkyl carbamates (subject to hydrolysis) is 2. The van der Waals surface area contributed by atoms with Crippen molar-refractivity contribution >= 4 is 46.4 Å². The largest absolute Gasteiger partial charge is 0.453 e. The molecule has 4 aliphatic rings. The fourth-order valence-electron chi connectivity index (χ4n) is 10.4. The highest BCUT2D eigenvalue weighted by atomic mass is 19.1. The lowest BCUT2D eigenvalue weighted by Crippen LogP contribution is -2.53. The van der Waals surface area contributed by atoms with Crippen molar-refractivity contribution in [2.45, 2.75) is 128 Å². The number of aryl methyl sites for hydroxylation is 1. The van der Waals surface area contributed by atoms with Crippen molar-refractivity contribution in [2.24, 2.45) is 11.8 Å². The molecule has 8 rings (SSSR count). The van der Waals surface area contributed by atoms with Crippen LogP contribution in [0.2, 0.25) is 0 Å². The molecular weight excluding hydrogens is 840 g/mol. The van der Waals surface area contributed by atoms with Gasteiger partial charge >= 0.3 is 12.2 Å². The molecule has 4 amide bonds. The van der Waals surface area contributed by atoms with Gasteiger partial charge in [0.2, 0.25) is 11.8 Å². The van der Waals surface area contributed by atoms with E-state index in [1.165, 1.54) is 14.2 Å². The van der Waals surface area contributed by atoms with E-state index in [-0.39, 0.29) is 59.6 Å². The number of carbonyl (C=O) groups excluding carboxylic acids is 4. The fourth-order valence-corrected chi connectivity index (χ4v) is 10.4. The Bertz CT molecular complexity index is 2480. The van der Waals surface area contributed by atoms with E-state index in [0.717, 1.165) is 96.0 Å². The zero-order chi connectivity index (χ0) is 47.0. The van der Waals surface area contributed by atoms with E-state index in [1.807, 2.05) is 49.6 Å². The number of benzene rings is 3. The van der Waals surface area contributed by atoms with Gasteiger partial charge in [-0.15, -0.1) is 0 Å². The van der Waals surface area contributed by atoms with Crippen molar-refractivity contribution in [2.75, 3.05) is 37.5 Å². The fraction of sp³-hybridized carbons (Fsp3) is 0.510. The minimum absolute atomic E-state index is 0.0473. The van der Waals surface area contributed by atoms with E-state index >= 15 is 4.39 Å². The van der Waals surface area contributed by atoms with E-state index in [2.05, 4.69) is 75.7 Å². The third-order valence-electron chi connectivity index (χ3n) is 14.1. The van der Waals surface area contributed by atoms with Gasteiger partial charge in [0, 0.05) is 30.2 Å². The molecule has 3 unspecified atom stereocenters. The second kappa shape index (κ2) is 19.4. The number of H-pyrrole nitrogens is 1. The average molecular weight is 905 g/mol. The Morgan fingerprint density at radius 1 is 0.758 bits per heavy atom. The number of rotatable bonds is 14. The first-order valence-electron chi connectivity index (χ1n) is 23.6. The lowest BCUT2D eigenvalue weighted by atomic mass is 10.00. The highest BCUT2D eigenvalue weighted by Gasteiger charge is 2.40. The molecule has 3 aromatic carbocycles. The van der Waals surface area contributed by atoms with Crippen molar-refractivity contribution in [3.05, 3.63) is 101 Å². The lowest BCUT2D eigenvalue weighted by molar-refractivity contribution is -0.136. The Morgan fingerprint density at radius 2 is 1.36 bits per heavy atom. The molecule has 66 heavy (non-hydrogen) atoms. The van der Waals surface area contributed by atoms with Gasteiger partial charge in [0.1, 0.15) is 23.7 Å². The number of likely N-dealkylation sites (tertiary alicyclic amines) is 2. The predicted molar refractivity (Wildman–Crippen MR) is 252 cm³/mol. The first-order chi connectivity index (χ1) is 31.7. The summed E-state index contributed by atoms with van der Waals surface area (Å²) in [5, 5.41) is 8.98. The van der Waals surface area contributed by atoms with Crippen LogP contribution in [0.4, 0.5) is 25.4 Å². The second-order valence-corrected chi connectivity index (χ2v) is 19.2. The number of methoxy groups -OCH3 is 2. The molecule has 0 spiro atoms. The van der Waals surface area contributed by atoms with Crippen molar-refractivity contribution in [3.8, 4) is 0 Å². The van der Waals surface area contributed by atoms with E-state index < -0.39 is 24.3 Å². The Hall–Kier alpha value is -6.12. The van der Waals surface area contributed by atoms with Gasteiger partial charge in [-0.2, -0.15) is 0 Å². The Morgan fingerprint density at radius 3 is 1.97 bits per heavy atom. The van der Waals surface area contributed by atoms with E-state index in [4.69, 9.17) is 14.5 Å². The summed E-state index contributed by atoms with van der Waals surface area (Å²) >= 11 is 0. The van der Waals surface area contributed by atoms with Crippen LogP contribution in [0.15, 0.2) is 66.9 Å². The number of fused-ring (bicyclic) bond motifs is 1. The highest BCUT2D eigenvalue weighted by Crippen LogP contribution is 2.49. The van der Waals surface area contributed by atoms with Crippen molar-refractivity contribution in [1.29, 1.82) is 0 Å². The number of nitrogens with zero attached hydrogens (tertiary/aromatic N) is 4. The van der Waals surface area contributed by atoms with Crippen molar-refractivity contribution in [3.63, 3.8) is 0 Å². The van der Waals surface area contributed by atoms with Gasteiger partial charge in [0.25, 0.3) is 0 Å². The number of anilines is 2. The molecule has 4 N–H and O–H groups in total. The van der Waals surface area contributed by atoms with Gasteiger partial charge in [0.15, 0.2) is 0 Å². The van der Waals surface area contributed by atoms with Crippen LogP contribution in [0, 0.1) is 24.6 Å². The first-order valence-corrected chi connectivity index (χ1v) is 23.6. The van der Waals surface area contributed by atoms with Crippen LogP contribution in [0.5, 0.6) is 0 Å². The summed E-state index contributed by atoms with van der Waals surface area (Å²) in [6, 6.07) is 16.4. The number of carbonyl (C=O) groups is 4. The molecule has 0 radical (unpaired) electrons. The number of nitrogens with one attached hydrogen (secondary N) is 4. The molecule has 0 bridgehead atoms. The highest BCUT2D eigenvalue weighted by molar-refractivity contribution is 5.87. The molecule has 3 saturated heterocycles. The van der Waals surface area contributed by atoms with Gasteiger partial charge in [0.05, 0.1) is 49.4 Å². The van der Waals surface area contributed by atoms with E-state index in [0.29, 0.717) is 24.6 Å². The number of hydrogen-bond donors (Lipinski definition) is 4. The van der Waals surface area contributed by atoms with Gasteiger partial charge in [-0.25, -0.2) is 19.0 Å². The molecular formula is C51H65FN8O6. The molecule has 1 aromatic heterocycles. The molecule has 1 aliphatic carbocycles. The summed E-state index contributed by atoms with van der Waals surface area (Å²) in [6.45, 7) is 15.2. The molecule has 14 nitrogen and oxygen atoms in total. The molecule has 1 saturated carbocycles. The quantitative estimate of drug-likeness (QED) is 0.0967. The zero-order valence-corrected chi connectivity index (χ0v) is 39.3. The number of amides is 4. The van der Waals surface area contributed by atoms with E-state index in [1.54, 1.807) is 6.07 Å². The van der Waals surface area contributed by atoms with Crippen LogP contribution in [0.1, 0.15) is 131 Å². The minimum Gasteiger partial charge on any atom is -0.453 e. The second-order valence-electron chi connectivity index (χ2n) is 19.2. The van der Waals surface area contributed by atoms with Crippen LogP contribution >= 0.6 is 0 Å². The Kier molecular flexibility index (Phi) is 13.6. The molecule has 6 atom stereocenters. The van der Waals surface area contributed by atoms with Gasteiger partial charge in [-0.05, 0) is 129 Å². The topological polar surface area (TPSA) is 161 Å². The summed E-state index contributed by atoms with van der Waals surface area (Å²) in [6.07, 6.45) is 5.57. The molecule has 352 valence electrons. The maximum Gasteiger partial charge on any atom is 0.407 e. The standard InChI is InChI=1S/C51H65FN8O6/c1-28(2)45(56-50(63)65-7)48(61)58-23-9-11-41(58)31(6)53-38-19-15-33(25-30(38)5)42-21-22-43(60(42)35-17-18-36(32-13-14-32)37(52)27-35)34-16-20-39-40(26-34)55-47(54-39)44-12-10-24-59(44)49(62)46(29(3)4)57-51(64)66-8/h15-20,25-29,32,41-46,53H,6,9-14,21-24H2,1-5,7-8H3,(H,54,55)(H,56,63)(H,57,64)/t41-,42?,43+,44?,45-,46?/m0/s1. The molecule has 15 heteroatoms. The molecule has 4 fully saturated rings. The van der Waals surface area contributed by atoms with Crippen LogP contribution in [0.25, 0.3) is 11.0 Å². The van der Waals surface area contributed by atoms with Crippen LogP contribution < -0.4 is 20.9 Å². The lowest BCUT2D eigenvalue weighted by Gasteiger charge is -2.34. The summed E-state index contributed by atoms with van der Waals surface area (Å²) < 4.78 is 25.5. The van der Waals surface area contributed by atoms with Crippen LogP contribution in [0.3, 0.4) is 0 Å². The molecule has 4 aromatic rings. The smallest absolute Gasteiger partial charge is 0.407 e. The third-order valence-corrected chi connectivity index (χ3v) is 14.1. The number of aromatic amines is 1. The Labute approximate surface area is 387 Å². The van der Waals surface area contributed by atoms with Gasteiger partial charge < -0.3 is 45.1 Å². The van der Waals surface area contributed by atoms with Gasteiger partial charge in [-0.3, -0.25) is 9.59 Å². The zero-order valence-electron chi connectivity index (χ0n) is 39.3. The molecule has 3 aliphatic heterocycles. The summed E-state index contributed by atoms with van der Waals surface area (Å²) in [5.41, 5.74) is 8.08. The maximum atomic E-state index is 15.9. The van der Waals surface area contributed by atoms with Crippen LogP contribution in [-0.2, 0) is 19.1 Å². The number of hydrogen-bond acceptors (Lipinski definition) is 9. The number of imidazole rings is 1. The Balaban J connectivity index is 1.04. The van der Waals surface area contributed by atoms with Gasteiger partial charge in [-0.1, -0.05) is 58.5 Å².